The van der Waals surface area contributed by atoms with Crippen molar-refractivity contribution < 1.29 is 24.2 Å². The first-order valence-electron chi connectivity index (χ1n) is 12.6. The topological polar surface area (TPSA) is 122 Å². The summed E-state index contributed by atoms with van der Waals surface area (Å²) < 4.78 is 10.4. The van der Waals surface area contributed by atoms with E-state index in [2.05, 4.69) is 20.9 Å². The van der Waals surface area contributed by atoms with Gasteiger partial charge in [-0.2, -0.15) is 5.11 Å². The highest BCUT2D eigenvalue weighted by Crippen LogP contribution is 2.39. The molecular weight excluding hydrogens is 520 g/mol. The number of aromatic hydroxyl groups is 1. The van der Waals surface area contributed by atoms with Gasteiger partial charge >= 0.3 is 0 Å². The van der Waals surface area contributed by atoms with Crippen molar-refractivity contribution in [3.05, 3.63) is 114 Å². The van der Waals surface area contributed by atoms with Crippen LogP contribution in [-0.2, 0) is 0 Å². The Hall–Kier alpha value is -5.70. The average molecular weight is 547 g/mol. The van der Waals surface area contributed by atoms with Crippen molar-refractivity contribution in [2.75, 3.05) is 24.9 Å². The third kappa shape index (κ3) is 6.15. The van der Waals surface area contributed by atoms with Crippen LogP contribution in [0.1, 0.15) is 20.7 Å². The molecule has 5 aromatic carbocycles. The Labute approximate surface area is 236 Å². The van der Waals surface area contributed by atoms with Gasteiger partial charge in [-0.3, -0.25) is 9.59 Å². The number of nitrogens with one attached hydrogen (secondary N) is 2. The zero-order valence-corrected chi connectivity index (χ0v) is 22.3. The quantitative estimate of drug-likeness (QED) is 0.174. The molecule has 5 rings (SSSR count). The first kappa shape index (κ1) is 26.9. The first-order chi connectivity index (χ1) is 19.9. The molecule has 0 atom stereocenters. The monoisotopic (exact) mass is 546 g/mol. The summed E-state index contributed by atoms with van der Waals surface area (Å²) in [6.45, 7) is 0. The van der Waals surface area contributed by atoms with Crippen molar-refractivity contribution in [3.8, 4) is 17.2 Å². The van der Waals surface area contributed by atoms with Gasteiger partial charge in [0.05, 0.1) is 25.5 Å². The summed E-state index contributed by atoms with van der Waals surface area (Å²) in [6, 6.07) is 29.4. The van der Waals surface area contributed by atoms with Crippen LogP contribution in [0.2, 0.25) is 0 Å². The van der Waals surface area contributed by atoms with Crippen LogP contribution in [-0.4, -0.2) is 31.1 Å². The number of anilines is 2. The van der Waals surface area contributed by atoms with Crippen LogP contribution in [0, 0.1) is 0 Å². The van der Waals surface area contributed by atoms with E-state index in [1.165, 1.54) is 7.11 Å². The second-order valence-electron chi connectivity index (χ2n) is 8.96. The number of hydrogen-bond acceptors (Lipinski definition) is 7. The van der Waals surface area contributed by atoms with Gasteiger partial charge in [0, 0.05) is 28.4 Å². The van der Waals surface area contributed by atoms with Crippen molar-refractivity contribution in [1.29, 1.82) is 0 Å². The van der Waals surface area contributed by atoms with Crippen LogP contribution in [0.25, 0.3) is 10.8 Å². The number of benzene rings is 5. The summed E-state index contributed by atoms with van der Waals surface area (Å²) in [7, 11) is 3.12. The number of nitrogens with zero attached hydrogens (tertiary/aromatic N) is 2. The zero-order chi connectivity index (χ0) is 28.8. The second-order valence-corrected chi connectivity index (χ2v) is 8.96. The SMILES string of the molecule is COc1ccc(NC(=O)c2ccc(N=Nc3c(O)c(C(=O)Nc4cccc(OC)c4)cc4ccccc34)cc2)cc1. The predicted octanol–water partition coefficient (Wildman–Crippen LogP) is 7.48. The number of hydrogen-bond donors (Lipinski definition) is 3. The largest absolute Gasteiger partial charge is 0.505 e. The van der Waals surface area contributed by atoms with Crippen molar-refractivity contribution in [2.45, 2.75) is 0 Å². The van der Waals surface area contributed by atoms with Gasteiger partial charge in [0.25, 0.3) is 11.8 Å². The minimum Gasteiger partial charge on any atom is -0.505 e. The first-order valence-corrected chi connectivity index (χ1v) is 12.6. The molecule has 0 spiro atoms. The smallest absolute Gasteiger partial charge is 0.259 e. The Bertz CT molecular complexity index is 1750. The van der Waals surface area contributed by atoms with Gasteiger partial charge in [-0.05, 0) is 72.1 Å². The maximum absolute atomic E-state index is 13.1. The third-order valence-corrected chi connectivity index (χ3v) is 6.31. The molecule has 0 aliphatic carbocycles. The van der Waals surface area contributed by atoms with Crippen LogP contribution in [0.4, 0.5) is 22.7 Å². The minimum absolute atomic E-state index is 0.0472. The maximum atomic E-state index is 13.1. The van der Waals surface area contributed by atoms with E-state index in [4.69, 9.17) is 9.47 Å². The molecule has 3 N–H and O–H groups in total. The molecule has 204 valence electrons. The van der Waals surface area contributed by atoms with E-state index in [0.717, 1.165) is 0 Å². The van der Waals surface area contributed by atoms with Crippen LogP contribution in [0.15, 0.2) is 113 Å². The number of methoxy groups -OCH3 is 2. The number of phenolic OH excluding ortho intramolecular Hbond substituents is 1. The van der Waals surface area contributed by atoms with Gasteiger partial charge in [-0.25, -0.2) is 0 Å². The zero-order valence-electron chi connectivity index (χ0n) is 22.3. The van der Waals surface area contributed by atoms with Crippen LogP contribution >= 0.6 is 0 Å². The molecule has 41 heavy (non-hydrogen) atoms. The third-order valence-electron chi connectivity index (χ3n) is 6.31. The summed E-state index contributed by atoms with van der Waals surface area (Å²) in [5, 5.41) is 26.6. The fraction of sp³-hybridized carbons (Fsp3) is 0.0625. The molecule has 2 amide bonds. The van der Waals surface area contributed by atoms with E-state index in [1.807, 2.05) is 18.2 Å². The molecule has 9 heteroatoms. The predicted molar refractivity (Wildman–Crippen MR) is 158 cm³/mol. The van der Waals surface area contributed by atoms with E-state index in [-0.39, 0.29) is 22.9 Å². The highest BCUT2D eigenvalue weighted by molar-refractivity contribution is 6.11. The lowest BCUT2D eigenvalue weighted by Crippen LogP contribution is -2.12. The van der Waals surface area contributed by atoms with Gasteiger partial charge < -0.3 is 25.2 Å². The van der Waals surface area contributed by atoms with Crippen LogP contribution in [0.5, 0.6) is 17.2 Å². The van der Waals surface area contributed by atoms with Crippen molar-refractivity contribution in [2.24, 2.45) is 10.2 Å². The van der Waals surface area contributed by atoms with E-state index in [1.54, 1.807) is 92.0 Å². The highest BCUT2D eigenvalue weighted by atomic mass is 16.5. The fourth-order valence-corrected chi connectivity index (χ4v) is 4.16. The second kappa shape index (κ2) is 12.0. The van der Waals surface area contributed by atoms with Gasteiger partial charge in [0.15, 0.2) is 5.75 Å². The Balaban J connectivity index is 1.38. The molecular formula is C32H26N4O5. The van der Waals surface area contributed by atoms with Crippen molar-refractivity contribution in [1.82, 2.24) is 0 Å². The molecule has 0 unspecified atom stereocenters. The van der Waals surface area contributed by atoms with Crippen LogP contribution < -0.4 is 20.1 Å². The molecule has 9 nitrogen and oxygen atoms in total. The molecule has 0 aliphatic heterocycles. The normalized spacial score (nSPS) is 10.9. The number of ether oxygens (including phenoxy) is 2. The molecule has 0 saturated heterocycles. The van der Waals surface area contributed by atoms with Gasteiger partial charge in [-0.15, -0.1) is 5.11 Å². The lowest BCUT2D eigenvalue weighted by atomic mass is 10.0. The number of phenols is 1. The molecule has 0 bridgehead atoms. The Kier molecular flexibility index (Phi) is 7.87. The molecule has 0 fully saturated rings. The van der Waals surface area contributed by atoms with Crippen molar-refractivity contribution >= 4 is 45.3 Å². The molecule has 0 heterocycles. The number of amides is 2. The van der Waals surface area contributed by atoms with Crippen molar-refractivity contribution in [3.63, 3.8) is 0 Å². The number of rotatable bonds is 8. The Morgan fingerprint density at radius 3 is 2.12 bits per heavy atom. The Morgan fingerprint density at radius 2 is 1.39 bits per heavy atom. The summed E-state index contributed by atoms with van der Waals surface area (Å²) >= 11 is 0. The number of fused-ring (bicyclic) bond motifs is 1. The van der Waals surface area contributed by atoms with E-state index in [9.17, 15) is 14.7 Å². The summed E-state index contributed by atoms with van der Waals surface area (Å²) in [6.07, 6.45) is 0. The van der Waals surface area contributed by atoms with E-state index < -0.39 is 5.91 Å². The van der Waals surface area contributed by atoms with E-state index in [0.29, 0.717) is 44.9 Å². The molecule has 0 aromatic heterocycles. The number of carbonyl (C=O) groups excluding carboxylic acids is 2. The molecule has 0 aliphatic rings. The van der Waals surface area contributed by atoms with E-state index >= 15 is 0 Å². The van der Waals surface area contributed by atoms with Crippen LogP contribution in [0.3, 0.4) is 0 Å². The summed E-state index contributed by atoms with van der Waals surface area (Å²) in [5.41, 5.74) is 2.25. The van der Waals surface area contributed by atoms with Gasteiger partial charge in [0.2, 0.25) is 0 Å². The number of azo groups is 1. The lowest BCUT2D eigenvalue weighted by Gasteiger charge is -2.11. The molecule has 0 radical (unpaired) electrons. The molecule has 5 aromatic rings. The standard InChI is InChI=1S/C32H26N4O5/c1-40-25-16-14-22(15-17-25)33-31(38)20-10-12-23(13-11-20)35-36-29-27-9-4-3-6-21(27)18-28(30(29)37)32(39)34-24-7-5-8-26(19-24)41-2/h3-19,37H,1-2H3,(H,33,38)(H,34,39). The molecule has 0 saturated carbocycles. The fourth-order valence-electron chi connectivity index (χ4n) is 4.16. The average Bonchev–Trinajstić information content (AvgIpc) is 3.01. The summed E-state index contributed by atoms with van der Waals surface area (Å²) in [4.78, 5) is 25.8. The highest BCUT2D eigenvalue weighted by Gasteiger charge is 2.19. The van der Waals surface area contributed by atoms with Gasteiger partial charge in [-0.1, -0.05) is 30.3 Å². The lowest BCUT2D eigenvalue weighted by molar-refractivity contribution is 0.101. The summed E-state index contributed by atoms with van der Waals surface area (Å²) in [5.74, 6) is 0.189. The minimum atomic E-state index is -0.509. The maximum Gasteiger partial charge on any atom is 0.259 e. The number of carbonyl (C=O) groups is 2. The Morgan fingerprint density at radius 1 is 0.683 bits per heavy atom. The van der Waals surface area contributed by atoms with Gasteiger partial charge in [0.1, 0.15) is 17.2 Å².